The molecule has 0 saturated heterocycles. The molecule has 0 aromatic heterocycles. The number of aliphatic hydroxyl groups is 2. The second-order valence-electron chi connectivity index (χ2n) is 6.91. The van der Waals surface area contributed by atoms with Crippen molar-refractivity contribution in [1.29, 1.82) is 0 Å². The van der Waals surface area contributed by atoms with Gasteiger partial charge in [-0.2, -0.15) is 0 Å². The summed E-state index contributed by atoms with van der Waals surface area (Å²) >= 11 is 0. The van der Waals surface area contributed by atoms with Crippen molar-refractivity contribution < 1.29 is 20.1 Å². The van der Waals surface area contributed by atoms with Gasteiger partial charge in [0.05, 0.1) is 12.2 Å². The fraction of sp³-hybridized carbons (Fsp3) is 0.750. The second kappa shape index (κ2) is 12.3. The molecule has 0 aliphatic heterocycles. The lowest BCUT2D eigenvalue weighted by molar-refractivity contribution is -0.137. The Morgan fingerprint density at radius 3 is 2.71 bits per heavy atom. The monoisotopic (exact) mass is 338 g/mol. The molecule has 1 saturated carbocycles. The first-order chi connectivity index (χ1) is 11.5. The number of unbranched alkanes of at least 4 members (excludes halogenated alkanes) is 3. The fourth-order valence-electron chi connectivity index (χ4n) is 3.36. The first-order valence-electron chi connectivity index (χ1n) is 9.45. The van der Waals surface area contributed by atoms with Crippen LogP contribution >= 0.6 is 0 Å². The van der Waals surface area contributed by atoms with Crippen LogP contribution in [0.2, 0.25) is 0 Å². The Morgan fingerprint density at radius 1 is 1.21 bits per heavy atom. The smallest absolute Gasteiger partial charge is 0.303 e. The summed E-state index contributed by atoms with van der Waals surface area (Å²) < 4.78 is 0. The van der Waals surface area contributed by atoms with Gasteiger partial charge in [-0.25, -0.2) is 0 Å². The van der Waals surface area contributed by atoms with Crippen LogP contribution < -0.4 is 0 Å². The minimum Gasteiger partial charge on any atom is -0.481 e. The molecule has 4 nitrogen and oxygen atoms in total. The quantitative estimate of drug-likeness (QED) is 0.370. The van der Waals surface area contributed by atoms with Crippen LogP contribution in [0.4, 0.5) is 0 Å². The van der Waals surface area contributed by atoms with Gasteiger partial charge >= 0.3 is 5.97 Å². The Bertz CT molecular complexity index is 402. The second-order valence-corrected chi connectivity index (χ2v) is 6.91. The van der Waals surface area contributed by atoms with Gasteiger partial charge in [-0.3, -0.25) is 4.79 Å². The molecule has 24 heavy (non-hydrogen) atoms. The number of carbonyl (C=O) groups is 1. The minimum absolute atomic E-state index is 0.206. The molecule has 1 aliphatic carbocycles. The number of rotatable bonds is 12. The number of aliphatic carboxylic acids is 1. The van der Waals surface area contributed by atoms with Crippen molar-refractivity contribution in [2.75, 3.05) is 0 Å². The highest BCUT2D eigenvalue weighted by Crippen LogP contribution is 2.36. The van der Waals surface area contributed by atoms with Gasteiger partial charge in [0.1, 0.15) is 0 Å². The molecule has 0 aromatic carbocycles. The van der Waals surface area contributed by atoms with Crippen LogP contribution in [0.3, 0.4) is 0 Å². The van der Waals surface area contributed by atoms with E-state index in [1.807, 2.05) is 12.2 Å². The number of hydrogen-bond donors (Lipinski definition) is 3. The van der Waals surface area contributed by atoms with Gasteiger partial charge in [0.2, 0.25) is 0 Å². The van der Waals surface area contributed by atoms with E-state index in [2.05, 4.69) is 19.1 Å². The molecule has 4 heteroatoms. The van der Waals surface area contributed by atoms with E-state index in [1.54, 1.807) is 0 Å². The van der Waals surface area contributed by atoms with Crippen molar-refractivity contribution in [1.82, 2.24) is 0 Å². The average molecular weight is 338 g/mol. The molecule has 138 valence electrons. The summed E-state index contributed by atoms with van der Waals surface area (Å²) in [5.74, 6) is -0.221. The molecule has 1 aliphatic rings. The van der Waals surface area contributed by atoms with Crippen LogP contribution in [-0.2, 0) is 4.79 Å². The molecule has 3 N–H and O–H groups in total. The zero-order valence-electron chi connectivity index (χ0n) is 14.9. The minimum atomic E-state index is -0.752. The number of hydrogen-bond acceptors (Lipinski definition) is 3. The van der Waals surface area contributed by atoms with Crippen LogP contribution in [-0.4, -0.2) is 33.5 Å². The van der Waals surface area contributed by atoms with Crippen LogP contribution in [0.1, 0.15) is 71.1 Å². The predicted molar refractivity (Wildman–Crippen MR) is 96.8 cm³/mol. The molecule has 0 bridgehead atoms. The highest BCUT2D eigenvalue weighted by molar-refractivity contribution is 5.66. The van der Waals surface area contributed by atoms with Crippen LogP contribution in [0.15, 0.2) is 24.3 Å². The van der Waals surface area contributed by atoms with Crippen molar-refractivity contribution in [2.24, 2.45) is 11.8 Å². The molecule has 0 amide bonds. The van der Waals surface area contributed by atoms with E-state index in [-0.39, 0.29) is 24.5 Å². The molecule has 0 radical (unpaired) electrons. The van der Waals surface area contributed by atoms with E-state index >= 15 is 0 Å². The summed E-state index contributed by atoms with van der Waals surface area (Å²) in [6.45, 7) is 2.15. The largest absolute Gasteiger partial charge is 0.481 e. The first kappa shape index (κ1) is 20.9. The lowest BCUT2D eigenvalue weighted by Crippen LogP contribution is -2.17. The van der Waals surface area contributed by atoms with E-state index in [9.17, 15) is 15.0 Å². The Balaban J connectivity index is 2.35. The van der Waals surface area contributed by atoms with Gasteiger partial charge < -0.3 is 15.3 Å². The van der Waals surface area contributed by atoms with E-state index < -0.39 is 5.97 Å². The number of carboxylic acid groups (broad SMARTS) is 1. The number of aliphatic hydroxyl groups excluding tert-OH is 2. The third kappa shape index (κ3) is 8.65. The molecule has 0 heterocycles. The molecular weight excluding hydrogens is 304 g/mol. The Hall–Kier alpha value is -1.13. The van der Waals surface area contributed by atoms with Gasteiger partial charge in [-0.05, 0) is 50.4 Å². The van der Waals surface area contributed by atoms with Gasteiger partial charge in [-0.15, -0.1) is 0 Å². The van der Waals surface area contributed by atoms with E-state index in [0.717, 1.165) is 51.4 Å². The molecule has 0 aromatic rings. The molecule has 1 unspecified atom stereocenters. The van der Waals surface area contributed by atoms with Gasteiger partial charge in [0, 0.05) is 6.42 Å². The van der Waals surface area contributed by atoms with Crippen molar-refractivity contribution in [3.05, 3.63) is 24.3 Å². The van der Waals surface area contributed by atoms with Crippen LogP contribution in [0, 0.1) is 11.8 Å². The SMILES string of the molecule is CCCCCC(O)/C=C/[C@H]1CC[C@H](O)[C@@H]1C/C=C\CCCC(=O)O. The summed E-state index contributed by atoms with van der Waals surface area (Å²) in [6.07, 6.45) is 15.9. The third-order valence-electron chi connectivity index (χ3n) is 4.86. The fourth-order valence-corrected chi connectivity index (χ4v) is 3.36. The predicted octanol–water partition coefficient (Wildman–Crippen LogP) is 4.07. The standard InChI is InChI=1S/C20H34O4/c1-2-3-6-9-17(21)14-12-16-13-15-19(22)18(16)10-7-4-5-8-11-20(23)24/h4,7,12,14,16-19,21-22H,2-3,5-6,8-11,13,15H2,1H3,(H,23,24)/b7-4-,14-12+/t16-,17?,18+,19-/m0/s1. The maximum Gasteiger partial charge on any atom is 0.303 e. The normalized spacial score (nSPS) is 25.7. The average Bonchev–Trinajstić information content (AvgIpc) is 2.89. The maximum absolute atomic E-state index is 10.5. The Kier molecular flexibility index (Phi) is 10.7. The van der Waals surface area contributed by atoms with Crippen LogP contribution in [0.5, 0.6) is 0 Å². The van der Waals surface area contributed by atoms with E-state index in [0.29, 0.717) is 12.3 Å². The molecule has 1 rings (SSSR count). The summed E-state index contributed by atoms with van der Waals surface area (Å²) in [5, 5.41) is 28.8. The van der Waals surface area contributed by atoms with Gasteiger partial charge in [-0.1, -0.05) is 50.5 Å². The highest BCUT2D eigenvalue weighted by atomic mass is 16.4. The lowest BCUT2D eigenvalue weighted by atomic mass is 9.90. The van der Waals surface area contributed by atoms with Crippen molar-refractivity contribution in [2.45, 2.75) is 83.3 Å². The summed E-state index contributed by atoms with van der Waals surface area (Å²) in [5.41, 5.74) is 0. The van der Waals surface area contributed by atoms with Gasteiger partial charge in [0.15, 0.2) is 0 Å². The number of carboxylic acids is 1. The van der Waals surface area contributed by atoms with E-state index in [1.165, 1.54) is 0 Å². The van der Waals surface area contributed by atoms with Crippen molar-refractivity contribution in [3.63, 3.8) is 0 Å². The Morgan fingerprint density at radius 2 is 2.00 bits per heavy atom. The summed E-state index contributed by atoms with van der Waals surface area (Å²) in [4.78, 5) is 10.5. The Labute approximate surface area is 146 Å². The maximum atomic E-state index is 10.5. The zero-order chi connectivity index (χ0) is 17.8. The molecule has 1 fully saturated rings. The molecule has 0 spiro atoms. The summed E-state index contributed by atoms with van der Waals surface area (Å²) in [7, 11) is 0. The van der Waals surface area contributed by atoms with E-state index in [4.69, 9.17) is 5.11 Å². The highest BCUT2D eigenvalue weighted by Gasteiger charge is 2.32. The van der Waals surface area contributed by atoms with Crippen molar-refractivity contribution in [3.8, 4) is 0 Å². The molecule has 4 atom stereocenters. The van der Waals surface area contributed by atoms with Gasteiger partial charge in [0.25, 0.3) is 0 Å². The first-order valence-corrected chi connectivity index (χ1v) is 9.45. The van der Waals surface area contributed by atoms with Crippen molar-refractivity contribution >= 4 is 5.97 Å². The third-order valence-corrected chi connectivity index (χ3v) is 4.86. The number of allylic oxidation sites excluding steroid dienone is 3. The topological polar surface area (TPSA) is 77.8 Å². The van der Waals surface area contributed by atoms with Crippen LogP contribution in [0.25, 0.3) is 0 Å². The summed E-state index contributed by atoms with van der Waals surface area (Å²) in [6, 6.07) is 0. The zero-order valence-corrected chi connectivity index (χ0v) is 14.9. The molecular formula is C20H34O4. The lowest BCUT2D eigenvalue weighted by Gasteiger charge is -2.18.